The van der Waals surface area contributed by atoms with Crippen molar-refractivity contribution in [1.29, 1.82) is 0 Å². The van der Waals surface area contributed by atoms with Crippen molar-refractivity contribution in [3.63, 3.8) is 0 Å². The lowest BCUT2D eigenvalue weighted by atomic mass is 10.1. The third-order valence-electron chi connectivity index (χ3n) is 6.51. The van der Waals surface area contributed by atoms with Gasteiger partial charge in [0.2, 0.25) is 10.0 Å². The minimum atomic E-state index is -3.80. The van der Waals surface area contributed by atoms with Crippen molar-refractivity contribution in [1.82, 2.24) is 5.32 Å². The first-order chi connectivity index (χ1) is 20.9. The molecule has 0 radical (unpaired) electrons. The summed E-state index contributed by atoms with van der Waals surface area (Å²) < 4.78 is 56.0. The maximum Gasteiger partial charge on any atom is 0.258 e. The van der Waals surface area contributed by atoms with Crippen molar-refractivity contribution in [3.05, 3.63) is 46.4 Å². The Morgan fingerprint density at radius 1 is 0.933 bits per heavy atom. The van der Waals surface area contributed by atoms with E-state index in [2.05, 4.69) is 60.5 Å². The number of anilines is 1. The second-order valence-corrected chi connectivity index (χ2v) is 27.1. The number of aliphatic hydroxyl groups is 1. The standard InChI is InChI=1S/C30H49BrN2O9SSi2/c1-38-29-18-24(31)10-12-28(29)41-20-30(35)32-19-26(34)23-9-11-27(42-22-40-14-16-45(6,7)8)25(17-23)33(43(2,36)37)21-39-13-15-44(3,4)5/h9-12,17-18,26,34H,13-16,19-22H2,1-8H3,(H,32,35)/t26-/m1/s1. The first kappa shape index (κ1) is 39.0. The van der Waals surface area contributed by atoms with Gasteiger partial charge in [0.1, 0.15) is 12.5 Å². The molecule has 0 saturated heterocycles. The number of nitrogens with zero attached hydrogens (tertiary/aromatic N) is 1. The number of hydrogen-bond donors (Lipinski definition) is 2. The summed E-state index contributed by atoms with van der Waals surface area (Å²) in [6, 6.07) is 11.7. The zero-order valence-corrected chi connectivity index (χ0v) is 32.0. The van der Waals surface area contributed by atoms with Gasteiger partial charge in [-0.2, -0.15) is 0 Å². The molecule has 2 rings (SSSR count). The van der Waals surface area contributed by atoms with E-state index in [4.69, 9.17) is 23.7 Å². The fourth-order valence-electron chi connectivity index (χ4n) is 3.75. The first-order valence-electron chi connectivity index (χ1n) is 14.7. The molecule has 2 aromatic rings. The fraction of sp³-hybridized carbons (Fsp3) is 0.567. The Bertz CT molecular complexity index is 1350. The quantitative estimate of drug-likeness (QED) is 0.103. The topological polar surface area (TPSA) is 133 Å². The van der Waals surface area contributed by atoms with Gasteiger partial charge in [0.15, 0.2) is 24.9 Å². The number of rotatable bonds is 20. The van der Waals surface area contributed by atoms with Crippen LogP contribution in [-0.2, 0) is 24.3 Å². The second kappa shape index (κ2) is 17.7. The lowest BCUT2D eigenvalue weighted by Crippen LogP contribution is -2.34. The molecule has 0 heterocycles. The molecule has 1 amide bonds. The summed E-state index contributed by atoms with van der Waals surface area (Å²) in [5.41, 5.74) is 0.580. The maximum atomic E-state index is 12.9. The average Bonchev–Trinajstić information content (AvgIpc) is 2.93. The molecule has 1 atom stereocenters. The Balaban J connectivity index is 2.18. The largest absolute Gasteiger partial charge is 0.493 e. The molecule has 11 nitrogen and oxygen atoms in total. The van der Waals surface area contributed by atoms with Crippen molar-refractivity contribution in [2.45, 2.75) is 57.5 Å². The molecule has 45 heavy (non-hydrogen) atoms. The van der Waals surface area contributed by atoms with Crippen LogP contribution in [0.15, 0.2) is 40.9 Å². The SMILES string of the molecule is COc1cc(Br)ccc1OCC(=O)NC[C@@H](O)c1ccc(OCOCC[Si](C)(C)C)c(N(COCC[Si](C)(C)C)S(C)(=O)=O)c1. The normalized spacial score (nSPS) is 12.8. The van der Waals surface area contributed by atoms with Gasteiger partial charge in [-0.3, -0.25) is 4.79 Å². The Morgan fingerprint density at radius 3 is 2.16 bits per heavy atom. The molecular formula is C30H49BrN2O9SSi2. The Hall–Kier alpha value is -2.15. The van der Waals surface area contributed by atoms with Gasteiger partial charge in [-0.05, 0) is 48.0 Å². The number of halogens is 1. The molecule has 254 valence electrons. The molecular weight excluding hydrogens is 700 g/mol. The van der Waals surface area contributed by atoms with Crippen molar-refractivity contribution in [2.75, 3.05) is 57.6 Å². The summed E-state index contributed by atoms with van der Waals surface area (Å²) in [5, 5.41) is 13.6. The van der Waals surface area contributed by atoms with Crippen LogP contribution in [0.5, 0.6) is 17.2 Å². The summed E-state index contributed by atoms with van der Waals surface area (Å²) in [6.45, 7) is 13.6. The van der Waals surface area contributed by atoms with Crippen molar-refractivity contribution in [3.8, 4) is 17.2 Å². The van der Waals surface area contributed by atoms with Crippen LogP contribution in [0.4, 0.5) is 5.69 Å². The molecule has 0 unspecified atom stereocenters. The first-order valence-corrected chi connectivity index (χ1v) is 24.8. The van der Waals surface area contributed by atoms with Crippen LogP contribution in [0, 0.1) is 0 Å². The number of methoxy groups -OCH3 is 1. The van der Waals surface area contributed by atoms with Crippen LogP contribution >= 0.6 is 15.9 Å². The van der Waals surface area contributed by atoms with E-state index in [0.717, 1.165) is 27.1 Å². The highest BCUT2D eigenvalue weighted by atomic mass is 79.9. The number of carbonyl (C=O) groups excluding carboxylic acids is 1. The highest BCUT2D eigenvalue weighted by molar-refractivity contribution is 9.10. The molecule has 0 fully saturated rings. The highest BCUT2D eigenvalue weighted by Crippen LogP contribution is 2.34. The molecule has 0 saturated carbocycles. The number of amides is 1. The fourth-order valence-corrected chi connectivity index (χ4v) is 6.37. The van der Waals surface area contributed by atoms with Gasteiger partial charge in [0, 0.05) is 40.4 Å². The number of carbonyl (C=O) groups is 1. The van der Waals surface area contributed by atoms with E-state index in [1.165, 1.54) is 13.2 Å². The van der Waals surface area contributed by atoms with Crippen molar-refractivity contribution < 1.29 is 42.0 Å². The molecule has 0 aliphatic rings. The summed E-state index contributed by atoms with van der Waals surface area (Å²) in [6.07, 6.45) is -0.0569. The predicted octanol–water partition coefficient (Wildman–Crippen LogP) is 5.46. The average molecular weight is 750 g/mol. The Labute approximate surface area is 278 Å². The van der Waals surface area contributed by atoms with E-state index in [1.807, 2.05) is 0 Å². The van der Waals surface area contributed by atoms with Gasteiger partial charge >= 0.3 is 0 Å². The number of benzene rings is 2. The zero-order chi connectivity index (χ0) is 33.8. The molecule has 0 spiro atoms. The van der Waals surface area contributed by atoms with Crippen LogP contribution in [0.3, 0.4) is 0 Å². The zero-order valence-electron chi connectivity index (χ0n) is 27.6. The molecule has 2 N–H and O–H groups in total. The van der Waals surface area contributed by atoms with E-state index in [-0.39, 0.29) is 38.1 Å². The summed E-state index contributed by atoms with van der Waals surface area (Å²) in [4.78, 5) is 12.5. The molecule has 0 aliphatic heterocycles. The van der Waals surface area contributed by atoms with Gasteiger partial charge in [-0.1, -0.05) is 61.3 Å². The number of hydrogen-bond acceptors (Lipinski definition) is 9. The van der Waals surface area contributed by atoms with Crippen LogP contribution in [0.2, 0.25) is 51.4 Å². The molecule has 2 aromatic carbocycles. The van der Waals surface area contributed by atoms with Gasteiger partial charge in [-0.15, -0.1) is 0 Å². The van der Waals surface area contributed by atoms with E-state index in [9.17, 15) is 18.3 Å². The number of aliphatic hydroxyl groups excluding tert-OH is 1. The predicted molar refractivity (Wildman–Crippen MR) is 186 cm³/mol. The lowest BCUT2D eigenvalue weighted by molar-refractivity contribution is -0.123. The third kappa shape index (κ3) is 14.9. The molecule has 0 aromatic heterocycles. The van der Waals surface area contributed by atoms with Crippen LogP contribution in [0.25, 0.3) is 0 Å². The highest BCUT2D eigenvalue weighted by Gasteiger charge is 2.24. The lowest BCUT2D eigenvalue weighted by Gasteiger charge is -2.26. The summed E-state index contributed by atoms with van der Waals surface area (Å²) in [5.74, 6) is 0.671. The molecule has 0 aliphatic carbocycles. The van der Waals surface area contributed by atoms with Crippen LogP contribution in [0.1, 0.15) is 11.7 Å². The van der Waals surface area contributed by atoms with E-state index >= 15 is 0 Å². The summed E-state index contributed by atoms with van der Waals surface area (Å²) >= 11 is 3.36. The number of ether oxygens (including phenoxy) is 5. The van der Waals surface area contributed by atoms with Crippen LogP contribution < -0.4 is 23.8 Å². The minimum absolute atomic E-state index is 0.0628. The van der Waals surface area contributed by atoms with Crippen molar-refractivity contribution >= 4 is 53.7 Å². The minimum Gasteiger partial charge on any atom is -0.493 e. The monoisotopic (exact) mass is 748 g/mol. The maximum absolute atomic E-state index is 12.9. The Morgan fingerprint density at radius 2 is 1.56 bits per heavy atom. The van der Waals surface area contributed by atoms with E-state index in [1.54, 1.807) is 30.3 Å². The third-order valence-corrected chi connectivity index (χ3v) is 11.5. The smallest absolute Gasteiger partial charge is 0.258 e. The van der Waals surface area contributed by atoms with Gasteiger partial charge in [0.25, 0.3) is 5.91 Å². The summed E-state index contributed by atoms with van der Waals surface area (Å²) in [7, 11) is -4.98. The number of nitrogens with one attached hydrogen (secondary N) is 1. The van der Waals surface area contributed by atoms with Gasteiger partial charge < -0.3 is 34.1 Å². The molecule has 15 heteroatoms. The Kier molecular flexibility index (Phi) is 15.3. The van der Waals surface area contributed by atoms with E-state index in [0.29, 0.717) is 30.3 Å². The van der Waals surface area contributed by atoms with Gasteiger partial charge in [0.05, 0.1) is 25.2 Å². The van der Waals surface area contributed by atoms with E-state index < -0.39 is 38.2 Å². The number of sulfonamides is 1. The molecule has 0 bridgehead atoms. The van der Waals surface area contributed by atoms with Crippen LogP contribution in [-0.4, -0.2) is 88.8 Å². The van der Waals surface area contributed by atoms with Gasteiger partial charge in [-0.25, -0.2) is 12.7 Å². The second-order valence-electron chi connectivity index (χ2n) is 13.1. The van der Waals surface area contributed by atoms with Crippen molar-refractivity contribution in [2.24, 2.45) is 0 Å².